The van der Waals surface area contributed by atoms with Gasteiger partial charge in [0.2, 0.25) is 6.79 Å². The first-order chi connectivity index (χ1) is 8.44. The quantitative estimate of drug-likeness (QED) is 0.831. The lowest BCUT2D eigenvalue weighted by molar-refractivity contribution is -0.142. The molecule has 0 aliphatic carbocycles. The van der Waals surface area contributed by atoms with Crippen LogP contribution >= 0.6 is 0 Å². The Hall–Kier alpha value is -1.43. The van der Waals surface area contributed by atoms with E-state index in [9.17, 15) is 13.2 Å². The summed E-state index contributed by atoms with van der Waals surface area (Å²) in [5, 5.41) is 0. The predicted molar refractivity (Wildman–Crippen MR) is 59.8 cm³/mol. The van der Waals surface area contributed by atoms with E-state index in [-0.39, 0.29) is 6.79 Å². The molecule has 1 aliphatic rings. The summed E-state index contributed by atoms with van der Waals surface area (Å²) in [5.74, 6) is 1.34. The van der Waals surface area contributed by atoms with Crippen molar-refractivity contribution in [3.8, 4) is 11.5 Å². The van der Waals surface area contributed by atoms with Crippen molar-refractivity contribution in [2.75, 3.05) is 26.9 Å². The van der Waals surface area contributed by atoms with Crippen molar-refractivity contribution in [3.63, 3.8) is 0 Å². The van der Waals surface area contributed by atoms with Crippen LogP contribution in [0.25, 0.3) is 0 Å². The van der Waals surface area contributed by atoms with Crippen molar-refractivity contribution >= 4 is 0 Å². The smallest absolute Gasteiger partial charge is 0.401 e. The Bertz CT molecular complexity index is 420. The maximum Gasteiger partial charge on any atom is 0.401 e. The van der Waals surface area contributed by atoms with Gasteiger partial charge in [0, 0.05) is 6.54 Å². The van der Waals surface area contributed by atoms with Crippen molar-refractivity contribution in [2.45, 2.75) is 12.6 Å². The molecule has 0 bridgehead atoms. The second-order valence-electron chi connectivity index (χ2n) is 4.29. The Labute approximate surface area is 103 Å². The fourth-order valence-corrected chi connectivity index (χ4v) is 1.80. The predicted octanol–water partition coefficient (Wildman–Crippen LogP) is 2.45. The molecule has 0 radical (unpaired) electrons. The highest BCUT2D eigenvalue weighted by Crippen LogP contribution is 2.32. The zero-order chi connectivity index (χ0) is 13.2. The summed E-state index contributed by atoms with van der Waals surface area (Å²) in [4.78, 5) is 1.25. The zero-order valence-corrected chi connectivity index (χ0v) is 9.96. The van der Waals surface area contributed by atoms with Crippen molar-refractivity contribution in [1.82, 2.24) is 4.90 Å². The maximum absolute atomic E-state index is 12.1. The molecule has 0 spiro atoms. The first kappa shape index (κ1) is 13.0. The number of hydrogen-bond acceptors (Lipinski definition) is 3. The minimum Gasteiger partial charge on any atom is -0.454 e. The molecule has 1 aromatic carbocycles. The van der Waals surface area contributed by atoms with E-state index in [0.717, 1.165) is 5.56 Å². The second kappa shape index (κ2) is 5.06. The number of likely N-dealkylation sites (N-methyl/N-ethyl adjacent to an activating group) is 1. The lowest BCUT2D eigenvalue weighted by Crippen LogP contribution is -2.32. The molecule has 0 aromatic heterocycles. The molecule has 0 saturated heterocycles. The molecule has 100 valence electrons. The Kier molecular flexibility index (Phi) is 3.65. The summed E-state index contributed by atoms with van der Waals surface area (Å²) >= 11 is 0. The Balaban J connectivity index is 1.87. The molecule has 0 unspecified atom stereocenters. The van der Waals surface area contributed by atoms with Gasteiger partial charge in [-0.2, -0.15) is 13.2 Å². The van der Waals surface area contributed by atoms with Gasteiger partial charge in [-0.25, -0.2) is 0 Å². The van der Waals surface area contributed by atoms with Crippen LogP contribution in [0.5, 0.6) is 11.5 Å². The summed E-state index contributed by atoms with van der Waals surface area (Å²) in [6.45, 7) is -0.344. The van der Waals surface area contributed by atoms with Crippen LogP contribution in [-0.4, -0.2) is 38.0 Å². The van der Waals surface area contributed by atoms with Crippen LogP contribution in [0.15, 0.2) is 18.2 Å². The van der Waals surface area contributed by atoms with E-state index in [2.05, 4.69) is 0 Å². The normalized spacial score (nSPS) is 14.3. The van der Waals surface area contributed by atoms with E-state index in [1.807, 2.05) is 12.1 Å². The SMILES string of the molecule is CN(CCc1ccc2c(c1)OCO2)CC(F)(F)F. The van der Waals surface area contributed by atoms with Crippen molar-refractivity contribution < 1.29 is 22.6 Å². The number of hydrogen-bond donors (Lipinski definition) is 0. The van der Waals surface area contributed by atoms with Crippen LogP contribution in [0.1, 0.15) is 5.56 Å². The Morgan fingerprint density at radius 3 is 2.67 bits per heavy atom. The van der Waals surface area contributed by atoms with Crippen LogP contribution in [0.4, 0.5) is 13.2 Å². The molecule has 6 heteroatoms. The van der Waals surface area contributed by atoms with Crippen molar-refractivity contribution in [2.24, 2.45) is 0 Å². The molecular formula is C12H14F3NO2. The van der Waals surface area contributed by atoms with E-state index in [0.29, 0.717) is 24.5 Å². The molecule has 0 fully saturated rings. The average Bonchev–Trinajstić information content (AvgIpc) is 2.71. The van der Waals surface area contributed by atoms with Gasteiger partial charge in [0.1, 0.15) is 0 Å². The molecular weight excluding hydrogens is 247 g/mol. The van der Waals surface area contributed by atoms with Gasteiger partial charge in [-0.05, 0) is 31.2 Å². The van der Waals surface area contributed by atoms with E-state index >= 15 is 0 Å². The number of ether oxygens (including phenoxy) is 2. The molecule has 0 atom stereocenters. The van der Waals surface area contributed by atoms with Gasteiger partial charge in [-0.15, -0.1) is 0 Å². The highest BCUT2D eigenvalue weighted by molar-refractivity contribution is 5.44. The molecule has 1 aliphatic heterocycles. The standard InChI is InChI=1S/C12H14F3NO2/c1-16(7-12(13,14)15)5-4-9-2-3-10-11(6-9)18-8-17-10/h2-3,6H,4-5,7-8H2,1H3. The molecule has 1 heterocycles. The third-order valence-corrected chi connectivity index (χ3v) is 2.67. The third-order valence-electron chi connectivity index (χ3n) is 2.67. The van der Waals surface area contributed by atoms with Crippen LogP contribution in [0, 0.1) is 0 Å². The van der Waals surface area contributed by atoms with Gasteiger partial charge in [0.15, 0.2) is 11.5 Å². The number of alkyl halides is 3. The number of halogens is 3. The van der Waals surface area contributed by atoms with E-state index in [1.54, 1.807) is 6.07 Å². The van der Waals surface area contributed by atoms with Crippen molar-refractivity contribution in [3.05, 3.63) is 23.8 Å². The minimum absolute atomic E-state index is 0.201. The highest BCUT2D eigenvalue weighted by atomic mass is 19.4. The molecule has 0 amide bonds. The molecule has 0 saturated carbocycles. The Morgan fingerprint density at radius 1 is 1.22 bits per heavy atom. The first-order valence-electron chi connectivity index (χ1n) is 5.58. The fraction of sp³-hybridized carbons (Fsp3) is 0.500. The van der Waals surface area contributed by atoms with E-state index in [1.165, 1.54) is 11.9 Å². The number of nitrogens with zero attached hydrogens (tertiary/aromatic N) is 1. The first-order valence-corrected chi connectivity index (χ1v) is 5.58. The fourth-order valence-electron chi connectivity index (χ4n) is 1.80. The van der Waals surface area contributed by atoms with Crippen LogP contribution in [0.2, 0.25) is 0 Å². The molecule has 18 heavy (non-hydrogen) atoms. The van der Waals surface area contributed by atoms with Gasteiger partial charge < -0.3 is 9.47 Å². The molecule has 2 rings (SSSR count). The number of fused-ring (bicyclic) bond motifs is 1. The average molecular weight is 261 g/mol. The summed E-state index contributed by atoms with van der Waals surface area (Å²) in [6, 6.07) is 5.43. The molecule has 0 N–H and O–H groups in total. The lowest BCUT2D eigenvalue weighted by Gasteiger charge is -2.18. The summed E-state index contributed by atoms with van der Waals surface area (Å²) < 4.78 is 46.8. The summed E-state index contributed by atoms with van der Waals surface area (Å²) in [6.07, 6.45) is -3.60. The highest BCUT2D eigenvalue weighted by Gasteiger charge is 2.28. The summed E-state index contributed by atoms with van der Waals surface area (Å²) in [5.41, 5.74) is 0.938. The monoisotopic (exact) mass is 261 g/mol. The van der Waals surface area contributed by atoms with Gasteiger partial charge >= 0.3 is 6.18 Å². The largest absolute Gasteiger partial charge is 0.454 e. The van der Waals surface area contributed by atoms with Gasteiger partial charge in [-0.1, -0.05) is 6.07 Å². The molecule has 1 aromatic rings. The molecule has 3 nitrogen and oxygen atoms in total. The minimum atomic E-state index is -4.15. The van der Waals surface area contributed by atoms with E-state index in [4.69, 9.17) is 9.47 Å². The zero-order valence-electron chi connectivity index (χ0n) is 9.96. The maximum atomic E-state index is 12.1. The van der Waals surface area contributed by atoms with E-state index < -0.39 is 12.7 Å². The third kappa shape index (κ3) is 3.53. The number of rotatable bonds is 4. The second-order valence-corrected chi connectivity index (χ2v) is 4.29. The van der Waals surface area contributed by atoms with Crippen LogP contribution in [-0.2, 0) is 6.42 Å². The van der Waals surface area contributed by atoms with Crippen molar-refractivity contribution in [1.29, 1.82) is 0 Å². The van der Waals surface area contributed by atoms with Crippen LogP contribution in [0.3, 0.4) is 0 Å². The topological polar surface area (TPSA) is 21.7 Å². The van der Waals surface area contributed by atoms with Gasteiger partial charge in [-0.3, -0.25) is 4.90 Å². The van der Waals surface area contributed by atoms with Gasteiger partial charge in [0.25, 0.3) is 0 Å². The number of benzene rings is 1. The van der Waals surface area contributed by atoms with Crippen LogP contribution < -0.4 is 9.47 Å². The summed E-state index contributed by atoms with van der Waals surface area (Å²) in [7, 11) is 1.46. The lowest BCUT2D eigenvalue weighted by atomic mass is 10.1. The Morgan fingerprint density at radius 2 is 1.94 bits per heavy atom. The van der Waals surface area contributed by atoms with Gasteiger partial charge in [0.05, 0.1) is 6.54 Å².